The van der Waals surface area contributed by atoms with Crippen LogP contribution in [0.2, 0.25) is 0 Å². The van der Waals surface area contributed by atoms with Gasteiger partial charge in [0.05, 0.1) is 50.0 Å². The van der Waals surface area contributed by atoms with Gasteiger partial charge in [-0.2, -0.15) is 13.2 Å². The van der Waals surface area contributed by atoms with Crippen molar-refractivity contribution in [2.45, 2.75) is 68.7 Å². The Bertz CT molecular complexity index is 1150. The second-order valence-electron chi connectivity index (χ2n) is 10.4. The molecular formula is C28H32F3N3O5. The standard InChI is InChI=1S/C28H32F3N3O5/c29-28(30,31)19-5-7-20(8-6-19)33-27(37)34-14-22(35)15-38-16-25-24(34)10-9-23(39-25)13-26(36)32-21-11-17-3-1-2-4-18(17)12-21/h1-8,21-25,35H,9-16H2,(H,32,36)(H,33,37)/t22-,23+,24-,25+/m1/s1. The number of carbonyl (C=O) groups is 2. The molecule has 1 aliphatic carbocycles. The number of benzene rings is 2. The maximum atomic E-state index is 13.2. The highest BCUT2D eigenvalue weighted by atomic mass is 19.4. The molecule has 2 aliphatic heterocycles. The summed E-state index contributed by atoms with van der Waals surface area (Å²) in [7, 11) is 0. The Morgan fingerprint density at radius 3 is 2.36 bits per heavy atom. The van der Waals surface area contributed by atoms with Crippen LogP contribution < -0.4 is 10.6 Å². The van der Waals surface area contributed by atoms with Crippen molar-refractivity contribution in [3.63, 3.8) is 0 Å². The van der Waals surface area contributed by atoms with E-state index in [-0.39, 0.29) is 49.9 Å². The molecule has 0 aromatic heterocycles. The lowest BCUT2D eigenvalue weighted by Gasteiger charge is -2.44. The van der Waals surface area contributed by atoms with Gasteiger partial charge in [0.15, 0.2) is 0 Å². The molecule has 0 unspecified atom stereocenters. The number of urea groups is 1. The number of hydrogen-bond acceptors (Lipinski definition) is 5. The first kappa shape index (κ1) is 27.4. The number of nitrogens with zero attached hydrogens (tertiary/aromatic N) is 1. The third-order valence-corrected chi connectivity index (χ3v) is 7.53. The SMILES string of the molecule is O=C(C[C@@H]1CC[C@@H]2[C@H](COC[C@H](O)CN2C(=O)Nc2ccc(C(F)(F)F)cc2)O1)NC1Cc2ccccc2C1. The second-order valence-corrected chi connectivity index (χ2v) is 10.4. The van der Waals surface area contributed by atoms with Crippen LogP contribution in [0.4, 0.5) is 23.7 Å². The van der Waals surface area contributed by atoms with Gasteiger partial charge in [-0.05, 0) is 61.1 Å². The molecule has 8 nitrogen and oxygen atoms in total. The molecule has 2 fully saturated rings. The molecule has 2 saturated heterocycles. The topological polar surface area (TPSA) is 100 Å². The molecule has 2 heterocycles. The Labute approximate surface area is 224 Å². The first-order valence-electron chi connectivity index (χ1n) is 13.2. The zero-order chi connectivity index (χ0) is 27.6. The number of nitrogens with one attached hydrogen (secondary N) is 2. The van der Waals surface area contributed by atoms with Gasteiger partial charge in [0.25, 0.3) is 0 Å². The van der Waals surface area contributed by atoms with Crippen molar-refractivity contribution < 1.29 is 37.3 Å². The Balaban J connectivity index is 1.18. The minimum absolute atomic E-state index is 0.00400. The number of ether oxygens (including phenoxy) is 2. The number of rotatable bonds is 4. The van der Waals surface area contributed by atoms with E-state index in [1.54, 1.807) is 0 Å². The molecule has 2 aromatic rings. The van der Waals surface area contributed by atoms with Crippen molar-refractivity contribution in [3.05, 3.63) is 65.2 Å². The van der Waals surface area contributed by atoms with Crippen molar-refractivity contribution in [2.24, 2.45) is 0 Å². The van der Waals surface area contributed by atoms with Crippen LogP contribution in [-0.2, 0) is 33.3 Å². The minimum Gasteiger partial charge on any atom is -0.389 e. The van der Waals surface area contributed by atoms with Crippen LogP contribution >= 0.6 is 0 Å². The van der Waals surface area contributed by atoms with Gasteiger partial charge in [-0.1, -0.05) is 24.3 Å². The molecule has 0 bridgehead atoms. The molecule has 4 atom stereocenters. The van der Waals surface area contributed by atoms with Crippen molar-refractivity contribution in [3.8, 4) is 0 Å². The van der Waals surface area contributed by atoms with Crippen LogP contribution in [0, 0.1) is 0 Å². The van der Waals surface area contributed by atoms with Gasteiger partial charge in [0.1, 0.15) is 6.10 Å². The van der Waals surface area contributed by atoms with Crippen LogP contribution in [0.1, 0.15) is 36.0 Å². The Morgan fingerprint density at radius 2 is 1.69 bits per heavy atom. The van der Waals surface area contributed by atoms with Gasteiger partial charge >= 0.3 is 12.2 Å². The van der Waals surface area contributed by atoms with Crippen LogP contribution in [0.15, 0.2) is 48.5 Å². The van der Waals surface area contributed by atoms with E-state index in [4.69, 9.17) is 9.47 Å². The number of β-amino-alcohol motifs (C(OH)–C–C–N with tert-alkyl or cyclic N) is 1. The summed E-state index contributed by atoms with van der Waals surface area (Å²) in [5.41, 5.74) is 1.90. The molecule has 5 rings (SSSR count). The average Bonchev–Trinajstić information content (AvgIpc) is 3.28. The number of fused-ring (bicyclic) bond motifs is 2. The van der Waals surface area contributed by atoms with E-state index < -0.39 is 36.0 Å². The zero-order valence-corrected chi connectivity index (χ0v) is 21.3. The van der Waals surface area contributed by atoms with Crippen LogP contribution in [0.25, 0.3) is 0 Å². The largest absolute Gasteiger partial charge is 0.416 e. The van der Waals surface area contributed by atoms with E-state index in [1.165, 1.54) is 28.2 Å². The molecule has 210 valence electrons. The highest BCUT2D eigenvalue weighted by Crippen LogP contribution is 2.31. The average molecular weight is 548 g/mol. The molecule has 39 heavy (non-hydrogen) atoms. The van der Waals surface area contributed by atoms with E-state index >= 15 is 0 Å². The Hall–Kier alpha value is -3.15. The lowest BCUT2D eigenvalue weighted by molar-refractivity contribution is -0.150. The van der Waals surface area contributed by atoms with Crippen molar-refractivity contribution in [1.29, 1.82) is 0 Å². The minimum atomic E-state index is -4.47. The van der Waals surface area contributed by atoms with Gasteiger partial charge < -0.3 is 30.1 Å². The number of halogens is 3. The maximum Gasteiger partial charge on any atom is 0.416 e. The number of amides is 3. The van der Waals surface area contributed by atoms with Gasteiger partial charge in [-0.3, -0.25) is 4.79 Å². The Morgan fingerprint density at radius 1 is 1.00 bits per heavy atom. The molecule has 3 amide bonds. The van der Waals surface area contributed by atoms with E-state index in [9.17, 15) is 27.9 Å². The normalized spacial score (nSPS) is 25.7. The van der Waals surface area contributed by atoms with Crippen molar-refractivity contribution in [1.82, 2.24) is 10.2 Å². The number of alkyl halides is 3. The lowest BCUT2D eigenvalue weighted by Crippen LogP contribution is -2.58. The molecule has 3 aliphatic rings. The number of aliphatic hydroxyl groups is 1. The molecule has 2 aromatic carbocycles. The summed E-state index contributed by atoms with van der Waals surface area (Å²) in [6.45, 7) is 0.121. The van der Waals surface area contributed by atoms with Gasteiger partial charge in [0, 0.05) is 11.7 Å². The third kappa shape index (κ3) is 6.71. The fourth-order valence-corrected chi connectivity index (χ4v) is 5.67. The summed E-state index contributed by atoms with van der Waals surface area (Å²) < 4.78 is 50.5. The van der Waals surface area contributed by atoms with Gasteiger partial charge in [0.2, 0.25) is 5.91 Å². The lowest BCUT2D eigenvalue weighted by atomic mass is 9.95. The van der Waals surface area contributed by atoms with Crippen molar-refractivity contribution >= 4 is 17.6 Å². The quantitative estimate of drug-likeness (QED) is 0.544. The molecule has 0 spiro atoms. The number of carbonyl (C=O) groups excluding carboxylic acids is 2. The number of anilines is 1. The van der Waals surface area contributed by atoms with E-state index in [0.717, 1.165) is 25.0 Å². The third-order valence-electron chi connectivity index (χ3n) is 7.53. The molecule has 0 saturated carbocycles. The van der Waals surface area contributed by atoms with Gasteiger partial charge in [-0.25, -0.2) is 4.79 Å². The summed E-state index contributed by atoms with van der Waals surface area (Å²) in [6, 6.07) is 11.4. The predicted molar refractivity (Wildman–Crippen MR) is 136 cm³/mol. The smallest absolute Gasteiger partial charge is 0.389 e. The summed E-state index contributed by atoms with van der Waals surface area (Å²) in [4.78, 5) is 27.4. The van der Waals surface area contributed by atoms with Crippen LogP contribution in [0.3, 0.4) is 0 Å². The summed E-state index contributed by atoms with van der Waals surface area (Å²) in [5.74, 6) is -0.0876. The number of aliphatic hydroxyl groups excluding tert-OH is 1. The summed E-state index contributed by atoms with van der Waals surface area (Å²) >= 11 is 0. The van der Waals surface area contributed by atoms with Gasteiger partial charge in [-0.15, -0.1) is 0 Å². The maximum absolute atomic E-state index is 13.2. The first-order chi connectivity index (χ1) is 18.7. The summed E-state index contributed by atoms with van der Waals surface area (Å²) in [5, 5.41) is 16.1. The fraction of sp³-hybridized carbons (Fsp3) is 0.500. The zero-order valence-electron chi connectivity index (χ0n) is 21.3. The molecule has 0 radical (unpaired) electrons. The Kier molecular flexibility index (Phi) is 8.11. The first-order valence-corrected chi connectivity index (χ1v) is 13.2. The van der Waals surface area contributed by atoms with Crippen LogP contribution in [0.5, 0.6) is 0 Å². The molecule has 11 heteroatoms. The highest BCUT2D eigenvalue weighted by Gasteiger charge is 2.40. The molecule has 3 N–H and O–H groups in total. The van der Waals surface area contributed by atoms with Crippen LogP contribution in [-0.4, -0.2) is 72.1 Å². The summed E-state index contributed by atoms with van der Waals surface area (Å²) in [6.07, 6.45) is -3.42. The monoisotopic (exact) mass is 547 g/mol. The van der Waals surface area contributed by atoms with E-state index in [1.807, 2.05) is 12.1 Å². The second kappa shape index (κ2) is 11.5. The number of hydrogen-bond donors (Lipinski definition) is 3. The molecular weight excluding hydrogens is 515 g/mol. The van der Waals surface area contributed by atoms with Crippen molar-refractivity contribution in [2.75, 3.05) is 25.1 Å². The predicted octanol–water partition coefficient (Wildman–Crippen LogP) is 3.52. The van der Waals surface area contributed by atoms with E-state index in [2.05, 4.69) is 22.8 Å². The fourth-order valence-electron chi connectivity index (χ4n) is 5.67. The van der Waals surface area contributed by atoms with E-state index in [0.29, 0.717) is 12.8 Å². The highest BCUT2D eigenvalue weighted by molar-refractivity contribution is 5.89.